The van der Waals surface area contributed by atoms with Gasteiger partial charge in [0.05, 0.1) is 19.6 Å². The Labute approximate surface area is 152 Å². The second kappa shape index (κ2) is 8.46. The van der Waals surface area contributed by atoms with Gasteiger partial charge in [0.15, 0.2) is 11.8 Å². The fourth-order valence-corrected chi connectivity index (χ4v) is 3.17. The maximum absolute atomic E-state index is 11.7. The summed E-state index contributed by atoms with van der Waals surface area (Å²) in [7, 11) is 3.20. The number of guanidine groups is 1. The first-order chi connectivity index (χ1) is 12.7. The van der Waals surface area contributed by atoms with Crippen LogP contribution in [0, 0.1) is 5.92 Å². The molecule has 1 aliphatic heterocycles. The molecule has 0 amide bonds. The third-order valence-corrected chi connectivity index (χ3v) is 4.60. The van der Waals surface area contributed by atoms with Gasteiger partial charge in [0.1, 0.15) is 6.33 Å². The molecule has 8 nitrogen and oxygen atoms in total. The van der Waals surface area contributed by atoms with E-state index in [1.807, 2.05) is 34.9 Å². The van der Waals surface area contributed by atoms with Crippen molar-refractivity contribution < 1.29 is 9.53 Å². The van der Waals surface area contributed by atoms with Crippen LogP contribution in [0.15, 0.2) is 41.7 Å². The summed E-state index contributed by atoms with van der Waals surface area (Å²) in [5, 5.41) is 11.6. The number of aliphatic imine (C=N–C) groups is 1. The van der Waals surface area contributed by atoms with Crippen molar-refractivity contribution in [3.05, 3.63) is 42.5 Å². The quantitative estimate of drug-likeness (QED) is 0.504. The predicted octanol–water partition coefficient (Wildman–Crippen LogP) is 1.23. The molecule has 0 bridgehead atoms. The van der Waals surface area contributed by atoms with Crippen molar-refractivity contribution in [2.75, 3.05) is 27.2 Å². The number of carbonyl (C=O) groups is 1. The van der Waals surface area contributed by atoms with E-state index >= 15 is 0 Å². The second-order valence-electron chi connectivity index (χ2n) is 6.14. The van der Waals surface area contributed by atoms with Gasteiger partial charge in [-0.15, -0.1) is 10.2 Å². The number of esters is 1. The second-order valence-corrected chi connectivity index (χ2v) is 6.14. The number of benzene rings is 1. The van der Waals surface area contributed by atoms with Gasteiger partial charge >= 0.3 is 5.97 Å². The van der Waals surface area contributed by atoms with Crippen molar-refractivity contribution in [3.63, 3.8) is 0 Å². The maximum Gasteiger partial charge on any atom is 0.308 e. The number of hydrogen-bond donors (Lipinski definition) is 1. The molecule has 0 unspecified atom stereocenters. The van der Waals surface area contributed by atoms with Crippen LogP contribution in [0.5, 0.6) is 0 Å². The molecular weight excluding hydrogens is 332 g/mol. The molecule has 0 aliphatic carbocycles. The van der Waals surface area contributed by atoms with Crippen LogP contribution in [0.1, 0.15) is 18.7 Å². The van der Waals surface area contributed by atoms with Gasteiger partial charge in [0.2, 0.25) is 0 Å². The number of piperidine rings is 1. The average Bonchev–Trinajstić information content (AvgIpc) is 3.17. The molecular formula is C18H24N6O2. The van der Waals surface area contributed by atoms with E-state index in [0.717, 1.165) is 43.4 Å². The Kier molecular flexibility index (Phi) is 5.83. The highest BCUT2D eigenvalue weighted by Crippen LogP contribution is 2.18. The van der Waals surface area contributed by atoms with E-state index in [1.54, 1.807) is 13.4 Å². The van der Waals surface area contributed by atoms with Gasteiger partial charge in [-0.2, -0.15) is 0 Å². The standard InChI is InChI=1S/C18H24N6O2/c1-19-18(23-10-8-14(9-11-23)17(25)26-2)20-12-16-22-21-13-24(16)15-6-4-3-5-7-15/h3-7,13-14H,8-12H2,1-2H3,(H,19,20). The highest BCUT2D eigenvalue weighted by Gasteiger charge is 2.27. The van der Waals surface area contributed by atoms with Crippen molar-refractivity contribution in [3.8, 4) is 5.69 Å². The summed E-state index contributed by atoms with van der Waals surface area (Å²) in [5.41, 5.74) is 1.02. The van der Waals surface area contributed by atoms with Gasteiger partial charge in [-0.1, -0.05) is 18.2 Å². The monoisotopic (exact) mass is 356 g/mol. The predicted molar refractivity (Wildman–Crippen MR) is 97.9 cm³/mol. The molecule has 2 aromatic rings. The molecule has 1 N–H and O–H groups in total. The molecule has 1 saturated heterocycles. The first-order valence-electron chi connectivity index (χ1n) is 8.70. The van der Waals surface area contributed by atoms with Gasteiger partial charge in [-0.25, -0.2) is 0 Å². The fraction of sp³-hybridized carbons (Fsp3) is 0.444. The molecule has 26 heavy (non-hydrogen) atoms. The zero-order chi connectivity index (χ0) is 18.4. The summed E-state index contributed by atoms with van der Waals surface area (Å²) in [5.74, 6) is 1.47. The van der Waals surface area contributed by atoms with Crippen LogP contribution in [-0.2, 0) is 16.1 Å². The average molecular weight is 356 g/mol. The molecule has 138 valence electrons. The number of nitrogens with zero attached hydrogens (tertiary/aromatic N) is 5. The largest absolute Gasteiger partial charge is 0.469 e. The number of likely N-dealkylation sites (tertiary alicyclic amines) is 1. The normalized spacial score (nSPS) is 15.8. The topological polar surface area (TPSA) is 84.6 Å². The number of methoxy groups -OCH3 is 1. The van der Waals surface area contributed by atoms with Crippen molar-refractivity contribution in [2.24, 2.45) is 10.9 Å². The van der Waals surface area contributed by atoms with E-state index in [0.29, 0.717) is 6.54 Å². The lowest BCUT2D eigenvalue weighted by Crippen LogP contribution is -2.46. The molecule has 1 aromatic heterocycles. The van der Waals surface area contributed by atoms with Crippen LogP contribution >= 0.6 is 0 Å². The Morgan fingerprint density at radius 2 is 2.04 bits per heavy atom. The smallest absolute Gasteiger partial charge is 0.308 e. The number of ether oxygens (including phenoxy) is 1. The van der Waals surface area contributed by atoms with Gasteiger partial charge in [-0.3, -0.25) is 14.4 Å². The first-order valence-corrected chi connectivity index (χ1v) is 8.70. The van der Waals surface area contributed by atoms with Crippen molar-refractivity contribution in [1.82, 2.24) is 25.0 Å². The molecule has 0 radical (unpaired) electrons. The Bertz CT molecular complexity index is 750. The van der Waals surface area contributed by atoms with Crippen molar-refractivity contribution in [1.29, 1.82) is 0 Å². The van der Waals surface area contributed by atoms with E-state index in [4.69, 9.17) is 4.74 Å². The molecule has 0 saturated carbocycles. The molecule has 1 fully saturated rings. The third kappa shape index (κ3) is 4.01. The Morgan fingerprint density at radius 3 is 2.69 bits per heavy atom. The SMILES string of the molecule is CN=C(NCc1nncn1-c1ccccc1)N1CCC(C(=O)OC)CC1. The van der Waals surface area contributed by atoms with Crippen LogP contribution in [0.25, 0.3) is 5.69 Å². The lowest BCUT2D eigenvalue weighted by molar-refractivity contribution is -0.146. The minimum absolute atomic E-state index is 0.0180. The van der Waals surface area contributed by atoms with Gasteiger partial charge in [0, 0.05) is 25.8 Å². The van der Waals surface area contributed by atoms with Crippen molar-refractivity contribution in [2.45, 2.75) is 19.4 Å². The van der Waals surface area contributed by atoms with E-state index in [1.165, 1.54) is 7.11 Å². The van der Waals surface area contributed by atoms with Gasteiger partial charge in [0.25, 0.3) is 0 Å². The molecule has 1 aliphatic rings. The zero-order valence-corrected chi connectivity index (χ0v) is 15.1. The molecule has 0 spiro atoms. The molecule has 0 atom stereocenters. The first kappa shape index (κ1) is 17.9. The van der Waals surface area contributed by atoms with Crippen LogP contribution in [0.4, 0.5) is 0 Å². The molecule has 3 rings (SSSR count). The fourth-order valence-electron chi connectivity index (χ4n) is 3.17. The highest BCUT2D eigenvalue weighted by atomic mass is 16.5. The zero-order valence-electron chi connectivity index (χ0n) is 15.1. The van der Waals surface area contributed by atoms with E-state index in [9.17, 15) is 4.79 Å². The number of rotatable bonds is 4. The van der Waals surface area contributed by atoms with Gasteiger partial charge in [-0.05, 0) is 25.0 Å². The van der Waals surface area contributed by atoms with E-state index in [2.05, 4.69) is 25.4 Å². The lowest BCUT2D eigenvalue weighted by atomic mass is 9.97. The summed E-state index contributed by atoms with van der Waals surface area (Å²) >= 11 is 0. The summed E-state index contributed by atoms with van der Waals surface area (Å²) in [6, 6.07) is 9.97. The summed E-state index contributed by atoms with van der Waals surface area (Å²) < 4.78 is 6.79. The van der Waals surface area contributed by atoms with Crippen molar-refractivity contribution >= 4 is 11.9 Å². The molecule has 2 heterocycles. The summed E-state index contributed by atoms with van der Waals surface area (Å²) in [4.78, 5) is 18.2. The number of hydrogen-bond acceptors (Lipinski definition) is 5. The Morgan fingerprint density at radius 1 is 1.31 bits per heavy atom. The maximum atomic E-state index is 11.7. The minimum atomic E-state index is -0.122. The third-order valence-electron chi connectivity index (χ3n) is 4.60. The number of nitrogens with one attached hydrogen (secondary N) is 1. The van der Waals surface area contributed by atoms with E-state index < -0.39 is 0 Å². The van der Waals surface area contributed by atoms with Gasteiger partial charge < -0.3 is 15.0 Å². The van der Waals surface area contributed by atoms with Crippen LogP contribution in [0.3, 0.4) is 0 Å². The minimum Gasteiger partial charge on any atom is -0.469 e. The highest BCUT2D eigenvalue weighted by molar-refractivity contribution is 5.80. The summed E-state index contributed by atoms with van der Waals surface area (Å²) in [6.07, 6.45) is 3.25. The Hall–Kier alpha value is -2.90. The number of para-hydroxylation sites is 1. The number of aromatic nitrogens is 3. The van der Waals surface area contributed by atoms with E-state index in [-0.39, 0.29) is 11.9 Å². The molecule has 1 aromatic carbocycles. The molecule has 8 heteroatoms. The number of carbonyl (C=O) groups excluding carboxylic acids is 1. The lowest BCUT2D eigenvalue weighted by Gasteiger charge is -2.33. The summed E-state index contributed by atoms with van der Waals surface area (Å²) in [6.45, 7) is 2.05. The van der Waals surface area contributed by atoms with Crippen LogP contribution in [-0.4, -0.2) is 58.8 Å². The Balaban J connectivity index is 1.60. The van der Waals surface area contributed by atoms with Crippen LogP contribution in [0.2, 0.25) is 0 Å². The van der Waals surface area contributed by atoms with Crippen LogP contribution < -0.4 is 5.32 Å².